The standard InChI is InChI=1S/2C31H33NO2.C31H37NO2/c33-21-5-10-30(25-6-2-1-3-7-25)31(27-8-4-9-29(34)22-27)26-13-11-23(12-14-26)24-17-19-32(20-18-24)28-15-16-28;33-22-4-7-30(25-5-2-1-3-6-25)31(27-12-16-29(34)17-13-27)26-10-8-23(9-11-26)24-18-20-32(21-19-24)28-14-15-28;1-23(2)32-19-17-25(18-20-32)24-13-15-27(16-14-24)31(28-10-6-11-29(34)22-28)30(12-7-21-33)26-8-4-3-5-9-26/h1-4,6-9,11-14,17,22,28,33-34H,5,10,15-16,18-21H2;1-3,5-6,8-13,16-18,28,33-34H,4,7,14-15,19-22H2;3-6,8-11,13-16,22-23,25,33-34H,7,12,17-21H2,1-2H3/b3*31-30+. The summed E-state index contributed by atoms with van der Waals surface area (Å²) in [4.78, 5) is 7.78. The molecule has 14 rings (SSSR count). The predicted molar refractivity (Wildman–Crippen MR) is 423 cm³/mol. The Morgan fingerprint density at radius 3 is 1.02 bits per heavy atom. The number of hydrogen-bond donors (Lipinski definition) is 6. The minimum absolute atomic E-state index is 0.147. The Balaban J connectivity index is 0.000000144. The molecular formula is C93H103N3O6. The summed E-state index contributed by atoms with van der Waals surface area (Å²) in [6.07, 6.45) is 19.3. The van der Waals surface area contributed by atoms with E-state index in [-0.39, 0.29) is 37.1 Å². The first-order chi connectivity index (χ1) is 50.0. The Morgan fingerprint density at radius 1 is 0.353 bits per heavy atom. The van der Waals surface area contributed by atoms with Crippen molar-refractivity contribution in [1.29, 1.82) is 0 Å². The fourth-order valence-corrected chi connectivity index (χ4v) is 15.2. The molecule has 3 fully saturated rings. The van der Waals surface area contributed by atoms with E-state index < -0.39 is 0 Å². The Bertz CT molecular complexity index is 4290. The second kappa shape index (κ2) is 36.1. The van der Waals surface area contributed by atoms with E-state index in [1.807, 2.05) is 54.6 Å². The number of aliphatic hydroxyl groups excluding tert-OH is 3. The van der Waals surface area contributed by atoms with Crippen molar-refractivity contribution in [3.8, 4) is 17.2 Å². The summed E-state index contributed by atoms with van der Waals surface area (Å²) in [6, 6.07) is 82.9. The highest BCUT2D eigenvalue weighted by Crippen LogP contribution is 2.42. The topological polar surface area (TPSA) is 131 Å². The third kappa shape index (κ3) is 19.3. The lowest BCUT2D eigenvalue weighted by Gasteiger charge is -2.34. The van der Waals surface area contributed by atoms with Crippen LogP contribution >= 0.6 is 0 Å². The molecule has 2 aliphatic carbocycles. The molecule has 0 unspecified atom stereocenters. The number of rotatable bonds is 24. The second-order valence-corrected chi connectivity index (χ2v) is 28.4. The summed E-state index contributed by atoms with van der Waals surface area (Å²) < 4.78 is 0. The molecule has 3 heterocycles. The number of nitrogens with zero attached hydrogens (tertiary/aromatic N) is 3. The van der Waals surface area contributed by atoms with E-state index in [1.54, 1.807) is 24.3 Å². The molecule has 9 aromatic carbocycles. The lowest BCUT2D eigenvalue weighted by atomic mass is 9.85. The molecule has 0 aromatic heterocycles. The molecule has 2 saturated carbocycles. The normalized spacial score (nSPS) is 16.8. The van der Waals surface area contributed by atoms with Gasteiger partial charge in [-0.05, 0) is 270 Å². The summed E-state index contributed by atoms with van der Waals surface area (Å²) in [5.41, 5.74) is 23.8. The van der Waals surface area contributed by atoms with Gasteiger partial charge < -0.3 is 35.5 Å². The average molecular weight is 1360 g/mol. The van der Waals surface area contributed by atoms with E-state index >= 15 is 0 Å². The van der Waals surface area contributed by atoms with Gasteiger partial charge in [-0.1, -0.05) is 212 Å². The number of benzene rings is 9. The largest absolute Gasteiger partial charge is 0.508 e. The maximum Gasteiger partial charge on any atom is 0.116 e. The number of aromatic hydroxyl groups is 3. The van der Waals surface area contributed by atoms with Gasteiger partial charge in [-0.2, -0.15) is 0 Å². The molecule has 5 aliphatic rings. The molecule has 0 bridgehead atoms. The zero-order chi connectivity index (χ0) is 70.6. The van der Waals surface area contributed by atoms with Gasteiger partial charge in [0.1, 0.15) is 17.2 Å². The Morgan fingerprint density at radius 2 is 0.696 bits per heavy atom. The first-order valence-corrected chi connectivity index (χ1v) is 37.5. The van der Waals surface area contributed by atoms with E-state index in [0.717, 1.165) is 145 Å². The molecule has 102 heavy (non-hydrogen) atoms. The van der Waals surface area contributed by atoms with Crippen molar-refractivity contribution >= 4 is 44.6 Å². The van der Waals surface area contributed by atoms with Gasteiger partial charge in [-0.15, -0.1) is 0 Å². The molecule has 9 heteroatoms. The maximum absolute atomic E-state index is 10.2. The molecule has 6 N–H and O–H groups in total. The lowest BCUT2D eigenvalue weighted by molar-refractivity contribution is 0.172. The number of piperidine rings is 1. The van der Waals surface area contributed by atoms with Crippen LogP contribution in [0.4, 0.5) is 0 Å². The number of phenolic OH excluding ortho intramolecular Hbond substituents is 3. The number of hydrogen-bond acceptors (Lipinski definition) is 9. The number of phenols is 3. The van der Waals surface area contributed by atoms with Crippen LogP contribution < -0.4 is 0 Å². The van der Waals surface area contributed by atoms with E-state index in [4.69, 9.17) is 0 Å². The van der Waals surface area contributed by atoms with Crippen LogP contribution in [0.3, 0.4) is 0 Å². The van der Waals surface area contributed by atoms with Crippen molar-refractivity contribution in [3.63, 3.8) is 0 Å². The second-order valence-electron chi connectivity index (χ2n) is 28.4. The van der Waals surface area contributed by atoms with Gasteiger partial charge in [-0.3, -0.25) is 9.80 Å². The highest BCUT2D eigenvalue weighted by molar-refractivity contribution is 6.01. The Hall–Kier alpha value is -9.16. The van der Waals surface area contributed by atoms with Crippen LogP contribution in [0.1, 0.15) is 176 Å². The third-order valence-corrected chi connectivity index (χ3v) is 21.1. The summed E-state index contributed by atoms with van der Waals surface area (Å²) in [6.45, 7) is 11.8. The summed E-state index contributed by atoms with van der Waals surface area (Å²) in [5, 5.41) is 59.2. The molecular weight excluding hydrogens is 1260 g/mol. The van der Waals surface area contributed by atoms with Crippen LogP contribution in [0.15, 0.2) is 249 Å². The van der Waals surface area contributed by atoms with Crippen molar-refractivity contribution in [2.75, 3.05) is 59.1 Å². The molecule has 0 amide bonds. The molecule has 1 saturated heterocycles. The van der Waals surface area contributed by atoms with Crippen molar-refractivity contribution in [2.24, 2.45) is 0 Å². The first kappa shape index (κ1) is 72.6. The summed E-state index contributed by atoms with van der Waals surface area (Å²) in [5.74, 6) is 1.40. The van der Waals surface area contributed by atoms with Gasteiger partial charge in [-0.25, -0.2) is 0 Å². The minimum atomic E-state index is 0.147. The van der Waals surface area contributed by atoms with Crippen LogP contribution in [0, 0.1) is 0 Å². The fourth-order valence-electron chi connectivity index (χ4n) is 15.2. The van der Waals surface area contributed by atoms with Gasteiger partial charge in [0.05, 0.1) is 0 Å². The van der Waals surface area contributed by atoms with E-state index in [0.29, 0.717) is 31.2 Å². The minimum Gasteiger partial charge on any atom is -0.508 e. The van der Waals surface area contributed by atoms with E-state index in [2.05, 4.69) is 198 Å². The molecule has 9 aromatic rings. The molecule has 0 atom stereocenters. The highest BCUT2D eigenvalue weighted by atomic mass is 16.3. The van der Waals surface area contributed by atoms with Gasteiger partial charge in [0.25, 0.3) is 0 Å². The zero-order valence-electron chi connectivity index (χ0n) is 59.8. The van der Waals surface area contributed by atoms with Gasteiger partial charge in [0.2, 0.25) is 0 Å². The number of allylic oxidation sites excluding steroid dienone is 3. The van der Waals surface area contributed by atoms with Crippen LogP contribution in [0.25, 0.3) is 44.6 Å². The molecule has 0 radical (unpaired) electrons. The average Bonchev–Trinajstić information content (AvgIpc) is 0.828. The Labute approximate surface area is 606 Å². The van der Waals surface area contributed by atoms with Gasteiger partial charge in [0.15, 0.2) is 0 Å². The van der Waals surface area contributed by atoms with Crippen LogP contribution in [0.2, 0.25) is 0 Å². The summed E-state index contributed by atoms with van der Waals surface area (Å²) >= 11 is 0. The lowest BCUT2D eigenvalue weighted by Crippen LogP contribution is -2.37. The van der Waals surface area contributed by atoms with E-state index in [9.17, 15) is 30.6 Å². The van der Waals surface area contributed by atoms with Crippen LogP contribution in [-0.2, 0) is 0 Å². The molecule has 0 spiro atoms. The maximum atomic E-state index is 10.2. The van der Waals surface area contributed by atoms with Crippen LogP contribution in [0.5, 0.6) is 17.2 Å². The van der Waals surface area contributed by atoms with Crippen molar-refractivity contribution in [1.82, 2.24) is 14.7 Å². The van der Waals surface area contributed by atoms with Gasteiger partial charge in [0, 0.05) is 64.1 Å². The predicted octanol–water partition coefficient (Wildman–Crippen LogP) is 19.5. The van der Waals surface area contributed by atoms with Gasteiger partial charge >= 0.3 is 0 Å². The van der Waals surface area contributed by atoms with Crippen molar-refractivity contribution < 1.29 is 30.6 Å². The Kier molecular flexibility index (Phi) is 25.7. The van der Waals surface area contributed by atoms with Crippen molar-refractivity contribution in [3.05, 3.63) is 316 Å². The monoisotopic (exact) mass is 1360 g/mol. The highest BCUT2D eigenvalue weighted by Gasteiger charge is 2.31. The quantitative estimate of drug-likeness (QED) is 0.0328. The third-order valence-electron chi connectivity index (χ3n) is 21.1. The molecule has 9 nitrogen and oxygen atoms in total. The molecule has 3 aliphatic heterocycles. The van der Waals surface area contributed by atoms with E-state index in [1.165, 1.54) is 88.6 Å². The number of likely N-dealkylation sites (tertiary alicyclic amines) is 1. The summed E-state index contributed by atoms with van der Waals surface area (Å²) in [7, 11) is 0. The smallest absolute Gasteiger partial charge is 0.116 e. The number of aliphatic hydroxyl groups is 3. The molecule has 526 valence electrons. The SMILES string of the molecule is CC(C)N1CCC(c2ccc(/C(=C(/CCCO)c3ccccc3)c3cccc(O)c3)cc2)CC1.OCCC/C(=C(/c1ccc(C2=CCN(C3CC3)CC2)cc1)c1cccc(O)c1)c1ccccc1.OCCC/C(=C(\c1ccc(O)cc1)c1ccc(C2=CCN(C3CC3)CC2)cc1)c1ccccc1. The van der Waals surface area contributed by atoms with Crippen molar-refractivity contribution in [2.45, 2.75) is 128 Å². The fraction of sp³-hybridized carbons (Fsp3) is 0.312. The van der Waals surface area contributed by atoms with Crippen LogP contribution in [-0.4, -0.2) is 123 Å². The first-order valence-electron chi connectivity index (χ1n) is 37.5. The zero-order valence-corrected chi connectivity index (χ0v) is 59.8.